The Labute approximate surface area is 98.8 Å². The van der Waals surface area contributed by atoms with Crippen LogP contribution in [0.5, 0.6) is 0 Å². The number of hydrogen-bond donors (Lipinski definition) is 0. The molecule has 1 aromatic heterocycles. The monoisotopic (exact) mass is 223 g/mol. The molecule has 0 radical (unpaired) electrons. The summed E-state index contributed by atoms with van der Waals surface area (Å²) in [7, 11) is 1.12. The molecule has 0 N–H and O–H groups in total. The summed E-state index contributed by atoms with van der Waals surface area (Å²) in [5.74, 6) is 1.51. The molecular formula is C12H22BNS. The van der Waals surface area contributed by atoms with Crippen molar-refractivity contribution in [1.82, 2.24) is 4.81 Å². The summed E-state index contributed by atoms with van der Waals surface area (Å²) in [5.41, 5.74) is 0. The Morgan fingerprint density at radius 3 is 2.20 bits per heavy atom. The lowest BCUT2D eigenvalue weighted by molar-refractivity contribution is 0.348. The van der Waals surface area contributed by atoms with E-state index in [9.17, 15) is 0 Å². The molecular weight excluding hydrogens is 201 g/mol. The molecule has 1 heterocycles. The topological polar surface area (TPSA) is 3.24 Å². The van der Waals surface area contributed by atoms with Gasteiger partial charge in [-0.2, -0.15) is 11.3 Å². The first-order valence-electron chi connectivity index (χ1n) is 5.82. The zero-order valence-corrected chi connectivity index (χ0v) is 11.2. The summed E-state index contributed by atoms with van der Waals surface area (Å²) < 4.78 is 1.48. The summed E-state index contributed by atoms with van der Waals surface area (Å²) in [4.78, 5) is 2.57. The molecule has 0 aliphatic carbocycles. The van der Waals surface area contributed by atoms with E-state index in [0.29, 0.717) is 0 Å². The summed E-state index contributed by atoms with van der Waals surface area (Å²) >= 11 is 1.86. The molecule has 0 unspecified atom stereocenters. The average Bonchev–Trinajstić information content (AvgIpc) is 2.53. The third-order valence-corrected chi connectivity index (χ3v) is 3.07. The van der Waals surface area contributed by atoms with Crippen molar-refractivity contribution in [2.75, 3.05) is 13.1 Å². The maximum Gasteiger partial charge on any atom is 0.250 e. The van der Waals surface area contributed by atoms with Crippen molar-refractivity contribution in [3.05, 3.63) is 17.5 Å². The van der Waals surface area contributed by atoms with Gasteiger partial charge in [0.15, 0.2) is 0 Å². The molecule has 3 heteroatoms. The predicted molar refractivity (Wildman–Crippen MR) is 72.4 cm³/mol. The van der Waals surface area contributed by atoms with Gasteiger partial charge in [0.25, 0.3) is 7.41 Å². The van der Waals surface area contributed by atoms with E-state index in [4.69, 9.17) is 0 Å². The normalized spacial score (nSPS) is 11.7. The SMILES string of the molecule is CC(C)CN(Bc1cccs1)CC(C)C. The first-order chi connectivity index (χ1) is 7.08. The second-order valence-corrected chi connectivity index (χ2v) is 6.09. The Bertz CT molecular complexity index is 247. The van der Waals surface area contributed by atoms with Crippen molar-refractivity contribution in [2.24, 2.45) is 11.8 Å². The number of thiophene rings is 1. The Morgan fingerprint density at radius 1 is 1.20 bits per heavy atom. The van der Waals surface area contributed by atoms with Crippen LogP contribution in [0.25, 0.3) is 0 Å². The van der Waals surface area contributed by atoms with Gasteiger partial charge in [0, 0.05) is 0 Å². The van der Waals surface area contributed by atoms with Gasteiger partial charge in [-0.25, -0.2) is 0 Å². The quantitative estimate of drug-likeness (QED) is 0.669. The van der Waals surface area contributed by atoms with Crippen LogP contribution in [0.4, 0.5) is 0 Å². The van der Waals surface area contributed by atoms with Crippen LogP contribution in [0.3, 0.4) is 0 Å². The molecule has 0 saturated carbocycles. The zero-order valence-electron chi connectivity index (χ0n) is 10.4. The van der Waals surface area contributed by atoms with E-state index in [1.54, 1.807) is 0 Å². The molecule has 0 aliphatic heterocycles. The van der Waals surface area contributed by atoms with Crippen LogP contribution in [0.15, 0.2) is 17.5 Å². The average molecular weight is 223 g/mol. The van der Waals surface area contributed by atoms with Crippen molar-refractivity contribution >= 4 is 23.5 Å². The second-order valence-electron chi connectivity index (χ2n) is 5.06. The largest absolute Gasteiger partial charge is 0.340 e. The zero-order chi connectivity index (χ0) is 11.3. The lowest BCUT2D eigenvalue weighted by atomic mass is 9.86. The molecule has 0 amide bonds. The highest BCUT2D eigenvalue weighted by atomic mass is 32.1. The van der Waals surface area contributed by atoms with Gasteiger partial charge in [0.2, 0.25) is 0 Å². The molecule has 1 aromatic rings. The highest BCUT2D eigenvalue weighted by Crippen LogP contribution is 2.03. The molecule has 0 spiro atoms. The molecule has 0 atom stereocenters. The van der Waals surface area contributed by atoms with E-state index in [1.165, 1.54) is 17.9 Å². The minimum absolute atomic E-state index is 0.753. The van der Waals surface area contributed by atoms with Crippen LogP contribution in [-0.4, -0.2) is 25.3 Å². The van der Waals surface area contributed by atoms with Crippen molar-refractivity contribution in [1.29, 1.82) is 0 Å². The van der Waals surface area contributed by atoms with Gasteiger partial charge >= 0.3 is 0 Å². The van der Waals surface area contributed by atoms with E-state index < -0.39 is 0 Å². The summed E-state index contributed by atoms with van der Waals surface area (Å²) in [5, 5.41) is 2.16. The molecule has 0 fully saturated rings. The minimum Gasteiger partial charge on any atom is -0.340 e. The lowest BCUT2D eigenvalue weighted by Gasteiger charge is -2.25. The molecule has 0 saturated heterocycles. The van der Waals surface area contributed by atoms with E-state index in [1.807, 2.05) is 11.3 Å². The van der Waals surface area contributed by atoms with E-state index in [-0.39, 0.29) is 0 Å². The van der Waals surface area contributed by atoms with Crippen LogP contribution in [0.2, 0.25) is 0 Å². The summed E-state index contributed by atoms with van der Waals surface area (Å²) in [6.07, 6.45) is 0. The fourth-order valence-corrected chi connectivity index (χ4v) is 2.61. The Balaban J connectivity index is 2.48. The van der Waals surface area contributed by atoms with E-state index in [2.05, 4.69) is 50.0 Å². The van der Waals surface area contributed by atoms with Gasteiger partial charge in [0.1, 0.15) is 0 Å². The Hall–Kier alpha value is -0.275. The smallest absolute Gasteiger partial charge is 0.250 e. The van der Waals surface area contributed by atoms with Gasteiger partial charge < -0.3 is 4.81 Å². The Kier molecular flexibility index (Phi) is 5.41. The summed E-state index contributed by atoms with van der Waals surface area (Å²) in [6.45, 7) is 11.6. The third kappa shape index (κ3) is 5.38. The van der Waals surface area contributed by atoms with Crippen LogP contribution in [0.1, 0.15) is 27.7 Å². The van der Waals surface area contributed by atoms with E-state index in [0.717, 1.165) is 19.3 Å². The molecule has 0 bridgehead atoms. The van der Waals surface area contributed by atoms with Gasteiger partial charge in [-0.3, -0.25) is 0 Å². The maximum atomic E-state index is 2.57. The van der Waals surface area contributed by atoms with Crippen molar-refractivity contribution in [3.8, 4) is 0 Å². The van der Waals surface area contributed by atoms with E-state index >= 15 is 0 Å². The number of nitrogens with zero attached hydrogens (tertiary/aromatic N) is 1. The highest BCUT2D eigenvalue weighted by molar-refractivity contribution is 7.19. The van der Waals surface area contributed by atoms with Gasteiger partial charge in [0.05, 0.1) is 0 Å². The van der Waals surface area contributed by atoms with Gasteiger partial charge in [-0.05, 0) is 35.1 Å². The van der Waals surface area contributed by atoms with Crippen molar-refractivity contribution < 1.29 is 0 Å². The van der Waals surface area contributed by atoms with Crippen LogP contribution < -0.4 is 4.78 Å². The lowest BCUT2D eigenvalue weighted by Crippen LogP contribution is -2.39. The second kappa shape index (κ2) is 6.34. The minimum atomic E-state index is 0.753. The third-order valence-electron chi connectivity index (χ3n) is 2.21. The Morgan fingerprint density at radius 2 is 1.80 bits per heavy atom. The fraction of sp³-hybridized carbons (Fsp3) is 0.667. The van der Waals surface area contributed by atoms with Crippen LogP contribution in [-0.2, 0) is 0 Å². The van der Waals surface area contributed by atoms with Gasteiger partial charge in [-0.15, -0.1) is 0 Å². The molecule has 0 aliphatic rings. The summed E-state index contributed by atoms with van der Waals surface area (Å²) in [6, 6.07) is 4.38. The first-order valence-corrected chi connectivity index (χ1v) is 6.70. The standard InChI is InChI=1S/C12H22BNS/c1-10(2)8-14(9-11(3)4)13-12-6-5-7-15-12/h5-7,10-11,13H,8-9H2,1-4H3. The van der Waals surface area contributed by atoms with Crippen molar-refractivity contribution in [3.63, 3.8) is 0 Å². The number of hydrogen-bond acceptors (Lipinski definition) is 2. The fourth-order valence-electron chi connectivity index (χ4n) is 1.86. The molecule has 0 aromatic carbocycles. The molecule has 15 heavy (non-hydrogen) atoms. The van der Waals surface area contributed by atoms with Crippen LogP contribution >= 0.6 is 11.3 Å². The van der Waals surface area contributed by atoms with Crippen LogP contribution in [0, 0.1) is 11.8 Å². The maximum absolute atomic E-state index is 2.57. The highest BCUT2D eigenvalue weighted by Gasteiger charge is 2.11. The molecule has 1 nitrogen and oxygen atoms in total. The molecule has 1 rings (SSSR count). The first kappa shape index (κ1) is 12.8. The molecule has 84 valence electrons. The number of rotatable bonds is 6. The van der Waals surface area contributed by atoms with Gasteiger partial charge in [-0.1, -0.05) is 39.8 Å². The van der Waals surface area contributed by atoms with Crippen molar-refractivity contribution in [2.45, 2.75) is 27.7 Å². The predicted octanol–water partition coefficient (Wildman–Crippen LogP) is 2.34.